The summed E-state index contributed by atoms with van der Waals surface area (Å²) in [6, 6.07) is 1.59. The van der Waals surface area contributed by atoms with Gasteiger partial charge in [-0.2, -0.15) is 5.48 Å². The Morgan fingerprint density at radius 1 is 1.75 bits per heavy atom. The van der Waals surface area contributed by atoms with Crippen LogP contribution in [0.2, 0.25) is 0 Å². The van der Waals surface area contributed by atoms with Crippen LogP contribution in [0.15, 0.2) is 11.4 Å². The Balaban J connectivity index is 2.65. The highest BCUT2D eigenvalue weighted by atomic mass is 32.1. The molecule has 6 heteroatoms. The van der Waals surface area contributed by atoms with Crippen LogP contribution < -0.4 is 11.2 Å². The molecular formula is C6H6N2O3S. The smallest absolute Gasteiger partial charge is 0.374 e. The Hall–Kier alpha value is -1.56. The third kappa shape index (κ3) is 1.73. The van der Waals surface area contributed by atoms with Crippen LogP contribution in [-0.2, 0) is 9.63 Å². The topological polar surface area (TPSA) is 81.4 Å². The van der Waals surface area contributed by atoms with E-state index in [4.69, 9.17) is 5.73 Å². The first-order valence-electron chi connectivity index (χ1n) is 2.99. The summed E-state index contributed by atoms with van der Waals surface area (Å²) in [5.74, 6) is -0.658. The first-order chi connectivity index (χ1) is 5.75. The number of anilines is 1. The van der Waals surface area contributed by atoms with Crippen molar-refractivity contribution in [3.8, 4) is 0 Å². The highest BCUT2D eigenvalue weighted by molar-refractivity contribution is 7.12. The van der Waals surface area contributed by atoms with Crippen molar-refractivity contribution in [2.45, 2.75) is 0 Å². The zero-order valence-electron chi connectivity index (χ0n) is 5.94. The maximum absolute atomic E-state index is 11.0. The zero-order chi connectivity index (χ0) is 8.97. The third-order valence-electron chi connectivity index (χ3n) is 1.08. The van der Waals surface area contributed by atoms with Gasteiger partial charge in [0.05, 0.1) is 5.69 Å². The Labute approximate surface area is 72.1 Å². The Bertz CT molecular complexity index is 297. The Kier molecular flexibility index (Phi) is 2.65. The van der Waals surface area contributed by atoms with Crippen LogP contribution in [0.5, 0.6) is 0 Å². The van der Waals surface area contributed by atoms with E-state index in [2.05, 4.69) is 4.84 Å². The molecule has 5 nitrogen and oxygen atoms in total. The van der Waals surface area contributed by atoms with Gasteiger partial charge in [-0.15, -0.1) is 11.3 Å². The minimum Gasteiger partial charge on any atom is -0.397 e. The van der Waals surface area contributed by atoms with E-state index >= 15 is 0 Å². The van der Waals surface area contributed by atoms with Gasteiger partial charge in [0, 0.05) is 0 Å². The molecule has 0 spiro atoms. The molecule has 0 aliphatic rings. The number of thiophene rings is 1. The largest absolute Gasteiger partial charge is 0.397 e. The van der Waals surface area contributed by atoms with E-state index < -0.39 is 5.97 Å². The molecule has 1 rings (SSSR count). The number of nitrogens with two attached hydrogens (primary N) is 1. The Morgan fingerprint density at radius 2 is 2.50 bits per heavy atom. The highest BCUT2D eigenvalue weighted by Gasteiger charge is 2.12. The van der Waals surface area contributed by atoms with Crippen molar-refractivity contribution < 1.29 is 14.4 Å². The molecule has 64 valence electrons. The predicted octanol–water partition coefficient (Wildman–Crippen LogP) is 0.148. The lowest BCUT2D eigenvalue weighted by molar-refractivity contribution is -0.117. The lowest BCUT2D eigenvalue weighted by Gasteiger charge is -1.98. The lowest BCUT2D eigenvalue weighted by atomic mass is 10.4. The molecule has 1 heterocycles. The molecule has 0 saturated heterocycles. The van der Waals surface area contributed by atoms with E-state index in [1.54, 1.807) is 16.9 Å². The Morgan fingerprint density at radius 3 is 3.00 bits per heavy atom. The van der Waals surface area contributed by atoms with Gasteiger partial charge in [0.2, 0.25) is 6.41 Å². The van der Waals surface area contributed by atoms with Crippen LogP contribution in [0.25, 0.3) is 0 Å². The SMILES string of the molecule is Nc1ccsc1C(=O)ONC=O. The van der Waals surface area contributed by atoms with Crippen molar-refractivity contribution in [3.63, 3.8) is 0 Å². The van der Waals surface area contributed by atoms with E-state index in [0.717, 1.165) is 11.3 Å². The number of carbonyl (C=O) groups excluding carboxylic acids is 2. The average Bonchev–Trinajstić information content (AvgIpc) is 2.47. The number of nitrogen functional groups attached to an aromatic ring is 1. The molecule has 0 atom stereocenters. The van der Waals surface area contributed by atoms with Gasteiger partial charge in [-0.1, -0.05) is 0 Å². The summed E-state index contributed by atoms with van der Waals surface area (Å²) >= 11 is 1.15. The normalized spacial score (nSPS) is 9.00. The molecule has 0 saturated carbocycles. The minimum absolute atomic E-state index is 0.266. The summed E-state index contributed by atoms with van der Waals surface area (Å²) in [4.78, 5) is 25.3. The summed E-state index contributed by atoms with van der Waals surface area (Å²) in [5.41, 5.74) is 7.54. The van der Waals surface area contributed by atoms with Crippen molar-refractivity contribution in [1.82, 2.24) is 5.48 Å². The summed E-state index contributed by atoms with van der Waals surface area (Å²) in [6.07, 6.45) is 0.266. The number of amides is 1. The van der Waals surface area contributed by atoms with Crippen molar-refractivity contribution in [2.75, 3.05) is 5.73 Å². The fourth-order valence-corrected chi connectivity index (χ4v) is 1.30. The van der Waals surface area contributed by atoms with Crippen LogP contribution in [0.4, 0.5) is 5.69 Å². The lowest BCUT2D eigenvalue weighted by Crippen LogP contribution is -2.17. The number of carbonyl (C=O) groups is 2. The molecule has 0 radical (unpaired) electrons. The summed E-state index contributed by atoms with van der Waals surface area (Å²) in [6.45, 7) is 0. The zero-order valence-corrected chi connectivity index (χ0v) is 6.76. The summed E-state index contributed by atoms with van der Waals surface area (Å²) in [7, 11) is 0. The molecule has 0 aliphatic heterocycles. The highest BCUT2D eigenvalue weighted by Crippen LogP contribution is 2.18. The second-order valence-electron chi connectivity index (χ2n) is 1.83. The maximum atomic E-state index is 11.0. The molecule has 0 bridgehead atoms. The van der Waals surface area contributed by atoms with Gasteiger partial charge in [0.15, 0.2) is 0 Å². The maximum Gasteiger partial charge on any atom is 0.374 e. The van der Waals surface area contributed by atoms with E-state index in [1.807, 2.05) is 0 Å². The number of rotatable bonds is 3. The number of hydrogen-bond donors (Lipinski definition) is 2. The van der Waals surface area contributed by atoms with Crippen molar-refractivity contribution in [1.29, 1.82) is 0 Å². The van der Waals surface area contributed by atoms with Gasteiger partial charge >= 0.3 is 5.97 Å². The van der Waals surface area contributed by atoms with E-state index in [-0.39, 0.29) is 11.3 Å². The molecule has 12 heavy (non-hydrogen) atoms. The van der Waals surface area contributed by atoms with Gasteiger partial charge in [0.25, 0.3) is 0 Å². The predicted molar refractivity (Wildman–Crippen MR) is 43.3 cm³/mol. The molecule has 1 aromatic rings. The van der Waals surface area contributed by atoms with Crippen LogP contribution in [0.1, 0.15) is 9.67 Å². The monoisotopic (exact) mass is 186 g/mol. The van der Waals surface area contributed by atoms with Gasteiger partial charge in [-0.3, -0.25) is 4.79 Å². The second kappa shape index (κ2) is 3.72. The fraction of sp³-hybridized carbons (Fsp3) is 0. The summed E-state index contributed by atoms with van der Waals surface area (Å²) < 4.78 is 0. The molecule has 3 N–H and O–H groups in total. The average molecular weight is 186 g/mol. The molecular weight excluding hydrogens is 180 g/mol. The van der Waals surface area contributed by atoms with Crippen molar-refractivity contribution >= 4 is 29.4 Å². The van der Waals surface area contributed by atoms with E-state index in [0.29, 0.717) is 5.69 Å². The molecule has 0 aromatic carbocycles. The second-order valence-corrected chi connectivity index (χ2v) is 2.75. The summed E-state index contributed by atoms with van der Waals surface area (Å²) in [5, 5.41) is 1.66. The molecule has 1 amide bonds. The molecule has 0 unspecified atom stereocenters. The molecule has 1 aromatic heterocycles. The number of hydroxylamine groups is 1. The van der Waals surface area contributed by atoms with Crippen LogP contribution in [0.3, 0.4) is 0 Å². The quantitative estimate of drug-likeness (QED) is 0.520. The van der Waals surface area contributed by atoms with E-state index in [9.17, 15) is 9.59 Å². The number of nitrogens with one attached hydrogen (secondary N) is 1. The molecule has 0 fully saturated rings. The van der Waals surface area contributed by atoms with Crippen molar-refractivity contribution in [2.24, 2.45) is 0 Å². The van der Waals surface area contributed by atoms with Gasteiger partial charge in [-0.05, 0) is 11.4 Å². The fourth-order valence-electron chi connectivity index (χ4n) is 0.609. The van der Waals surface area contributed by atoms with Gasteiger partial charge in [0.1, 0.15) is 4.88 Å². The standard InChI is InChI=1S/C6H6N2O3S/c7-4-1-2-12-5(4)6(10)11-8-3-9/h1-3H,7H2,(H,8,9). The first-order valence-corrected chi connectivity index (χ1v) is 3.87. The number of hydrogen-bond acceptors (Lipinski definition) is 5. The van der Waals surface area contributed by atoms with E-state index in [1.165, 1.54) is 0 Å². The minimum atomic E-state index is -0.658. The van der Waals surface area contributed by atoms with Gasteiger partial charge < -0.3 is 10.6 Å². The van der Waals surface area contributed by atoms with Crippen LogP contribution in [0, 0.1) is 0 Å². The first kappa shape index (κ1) is 8.54. The molecule has 0 aliphatic carbocycles. The van der Waals surface area contributed by atoms with Crippen molar-refractivity contribution in [3.05, 3.63) is 16.3 Å². The van der Waals surface area contributed by atoms with Gasteiger partial charge in [-0.25, -0.2) is 4.79 Å². The van der Waals surface area contributed by atoms with Crippen LogP contribution >= 0.6 is 11.3 Å². The van der Waals surface area contributed by atoms with Crippen LogP contribution in [-0.4, -0.2) is 12.4 Å². The third-order valence-corrected chi connectivity index (χ3v) is 1.99.